The van der Waals surface area contributed by atoms with Gasteiger partial charge in [-0.2, -0.15) is 5.10 Å². The number of nitrogens with one attached hydrogen (secondary N) is 1. The van der Waals surface area contributed by atoms with Crippen LogP contribution in [0.3, 0.4) is 0 Å². The van der Waals surface area contributed by atoms with Gasteiger partial charge in [0.05, 0.1) is 0 Å². The van der Waals surface area contributed by atoms with Crippen molar-refractivity contribution in [2.45, 2.75) is 5.03 Å². The average Bonchev–Trinajstić information content (AvgIpc) is 2.11. The van der Waals surface area contributed by atoms with Crippen molar-refractivity contribution in [3.05, 3.63) is 10.7 Å². The summed E-state index contributed by atoms with van der Waals surface area (Å²) in [5, 5.41) is 5.63. The highest BCUT2D eigenvalue weighted by molar-refractivity contribution is 9.10. The molecule has 0 saturated heterocycles. The first-order valence-corrected chi connectivity index (χ1v) is 5.26. The molecule has 0 aliphatic rings. The van der Waals surface area contributed by atoms with Gasteiger partial charge in [-0.05, 0) is 15.9 Å². The normalized spacial score (nSPS) is 11.8. The fourth-order valence-corrected chi connectivity index (χ4v) is 1.52. The van der Waals surface area contributed by atoms with Crippen LogP contribution in [-0.4, -0.2) is 18.6 Å². The van der Waals surface area contributed by atoms with Crippen molar-refractivity contribution in [3.8, 4) is 0 Å². The lowest BCUT2D eigenvalue weighted by molar-refractivity contribution is 0.605. The Morgan fingerprint density at radius 1 is 1.70 bits per heavy atom. The SMILES string of the molecule is O=S(=O)(Cl)c1cc(Br)n[nH]1. The van der Waals surface area contributed by atoms with Gasteiger partial charge in [0, 0.05) is 16.7 Å². The van der Waals surface area contributed by atoms with Gasteiger partial charge in [0.15, 0.2) is 5.03 Å². The predicted octanol–water partition coefficient (Wildman–Crippen LogP) is 1.10. The smallest absolute Gasteiger partial charge is 0.265 e. The van der Waals surface area contributed by atoms with Crippen LogP contribution in [0, 0.1) is 0 Å². The molecular formula is C3H2BrClN2O2S. The predicted molar refractivity (Wildman–Crippen MR) is 39.3 cm³/mol. The van der Waals surface area contributed by atoms with Gasteiger partial charge in [0.1, 0.15) is 4.60 Å². The second kappa shape index (κ2) is 2.52. The van der Waals surface area contributed by atoms with Crippen molar-refractivity contribution in [1.82, 2.24) is 10.2 Å². The lowest BCUT2D eigenvalue weighted by Crippen LogP contribution is -1.89. The van der Waals surface area contributed by atoms with Gasteiger partial charge >= 0.3 is 0 Å². The van der Waals surface area contributed by atoms with Crippen LogP contribution in [0.5, 0.6) is 0 Å². The molecule has 0 aromatic carbocycles. The van der Waals surface area contributed by atoms with E-state index in [0.717, 1.165) is 0 Å². The monoisotopic (exact) mass is 244 g/mol. The Morgan fingerprint density at radius 3 is 2.50 bits per heavy atom. The molecule has 0 radical (unpaired) electrons. The van der Waals surface area contributed by atoms with Crippen LogP contribution in [-0.2, 0) is 9.05 Å². The highest BCUT2D eigenvalue weighted by atomic mass is 79.9. The third kappa shape index (κ3) is 1.71. The second-order valence-electron chi connectivity index (χ2n) is 1.49. The van der Waals surface area contributed by atoms with Gasteiger partial charge in [-0.25, -0.2) is 8.42 Å². The maximum atomic E-state index is 10.5. The van der Waals surface area contributed by atoms with Crippen molar-refractivity contribution in [2.75, 3.05) is 0 Å². The summed E-state index contributed by atoms with van der Waals surface area (Å²) in [5.74, 6) is 0. The van der Waals surface area contributed by atoms with Crippen molar-refractivity contribution < 1.29 is 8.42 Å². The molecule has 1 rings (SSSR count). The zero-order valence-corrected chi connectivity index (χ0v) is 7.66. The van der Waals surface area contributed by atoms with Gasteiger partial charge in [0.25, 0.3) is 9.05 Å². The van der Waals surface area contributed by atoms with Gasteiger partial charge in [-0.15, -0.1) is 0 Å². The van der Waals surface area contributed by atoms with Crippen LogP contribution < -0.4 is 0 Å². The maximum Gasteiger partial charge on any atom is 0.278 e. The molecule has 4 nitrogen and oxygen atoms in total. The molecule has 56 valence electrons. The largest absolute Gasteiger partial charge is 0.278 e. The number of hydrogen-bond acceptors (Lipinski definition) is 3. The Labute approximate surface area is 70.1 Å². The average molecular weight is 245 g/mol. The topological polar surface area (TPSA) is 62.8 Å². The number of halogens is 2. The van der Waals surface area contributed by atoms with E-state index < -0.39 is 9.05 Å². The molecule has 0 amide bonds. The molecule has 1 N–H and O–H groups in total. The Morgan fingerprint density at radius 2 is 2.30 bits per heavy atom. The third-order valence-corrected chi connectivity index (χ3v) is 2.43. The van der Waals surface area contributed by atoms with E-state index in [4.69, 9.17) is 10.7 Å². The molecule has 0 spiro atoms. The second-order valence-corrected chi connectivity index (χ2v) is 4.84. The van der Waals surface area contributed by atoms with Gasteiger partial charge in [-0.1, -0.05) is 0 Å². The first-order chi connectivity index (χ1) is 4.50. The van der Waals surface area contributed by atoms with Crippen LogP contribution in [0.15, 0.2) is 15.7 Å². The van der Waals surface area contributed by atoms with E-state index in [-0.39, 0.29) is 5.03 Å². The number of aromatic nitrogens is 2. The Hall–Kier alpha value is -0.0700. The molecule has 0 unspecified atom stereocenters. The third-order valence-electron chi connectivity index (χ3n) is 0.786. The molecule has 0 fully saturated rings. The van der Waals surface area contributed by atoms with Gasteiger partial charge in [-0.3, -0.25) is 5.10 Å². The minimum Gasteiger partial charge on any atom is -0.265 e. The van der Waals surface area contributed by atoms with E-state index in [9.17, 15) is 8.42 Å². The molecule has 0 atom stereocenters. The summed E-state index contributed by atoms with van der Waals surface area (Å²) in [5.41, 5.74) is 0. The number of rotatable bonds is 1. The first-order valence-electron chi connectivity index (χ1n) is 2.16. The molecule has 10 heavy (non-hydrogen) atoms. The maximum absolute atomic E-state index is 10.5. The van der Waals surface area contributed by atoms with Gasteiger partial charge in [0.2, 0.25) is 0 Å². The van der Waals surface area contributed by atoms with E-state index in [2.05, 4.69) is 26.1 Å². The Kier molecular flexibility index (Phi) is 2.02. The molecule has 1 aromatic rings. The summed E-state index contributed by atoms with van der Waals surface area (Å²) in [7, 11) is 1.29. The summed E-state index contributed by atoms with van der Waals surface area (Å²) in [6.07, 6.45) is 0. The summed E-state index contributed by atoms with van der Waals surface area (Å²) in [6, 6.07) is 1.28. The highest BCUT2D eigenvalue weighted by Gasteiger charge is 2.11. The van der Waals surface area contributed by atoms with E-state index >= 15 is 0 Å². The number of aromatic amines is 1. The number of nitrogens with zero attached hydrogens (tertiary/aromatic N) is 1. The molecule has 1 heterocycles. The number of H-pyrrole nitrogens is 1. The van der Waals surface area contributed by atoms with Crippen molar-refractivity contribution >= 4 is 35.7 Å². The minimum atomic E-state index is -3.66. The van der Waals surface area contributed by atoms with Crippen molar-refractivity contribution in [2.24, 2.45) is 0 Å². The zero-order chi connectivity index (χ0) is 7.78. The molecule has 7 heteroatoms. The van der Waals surface area contributed by atoms with Crippen molar-refractivity contribution in [1.29, 1.82) is 0 Å². The highest BCUT2D eigenvalue weighted by Crippen LogP contribution is 2.15. The summed E-state index contributed by atoms with van der Waals surface area (Å²) in [4.78, 5) is 0. The van der Waals surface area contributed by atoms with E-state index in [1.807, 2.05) is 0 Å². The lowest BCUT2D eigenvalue weighted by Gasteiger charge is -1.83. The molecule has 1 aromatic heterocycles. The van der Waals surface area contributed by atoms with Crippen molar-refractivity contribution in [3.63, 3.8) is 0 Å². The van der Waals surface area contributed by atoms with Crippen LogP contribution in [0.4, 0.5) is 0 Å². The number of hydrogen-bond donors (Lipinski definition) is 1. The molecule has 0 aliphatic heterocycles. The fraction of sp³-hybridized carbons (Fsp3) is 0. The van der Waals surface area contributed by atoms with Crippen LogP contribution >= 0.6 is 26.6 Å². The molecule has 0 aliphatic carbocycles. The summed E-state index contributed by atoms with van der Waals surface area (Å²) in [6.45, 7) is 0. The summed E-state index contributed by atoms with van der Waals surface area (Å²) >= 11 is 2.96. The minimum absolute atomic E-state index is 0.110. The van der Waals surface area contributed by atoms with Crippen LogP contribution in [0.2, 0.25) is 0 Å². The Bertz CT molecular complexity index is 332. The summed E-state index contributed by atoms with van der Waals surface area (Å²) < 4.78 is 21.4. The molecule has 0 saturated carbocycles. The zero-order valence-electron chi connectivity index (χ0n) is 4.51. The van der Waals surface area contributed by atoms with Crippen LogP contribution in [0.25, 0.3) is 0 Å². The van der Waals surface area contributed by atoms with E-state index in [0.29, 0.717) is 4.60 Å². The first kappa shape index (κ1) is 8.03. The Balaban J connectivity index is 3.21. The molecular weight excluding hydrogens is 243 g/mol. The van der Waals surface area contributed by atoms with E-state index in [1.165, 1.54) is 6.07 Å². The fourth-order valence-electron chi connectivity index (χ4n) is 0.406. The van der Waals surface area contributed by atoms with Gasteiger partial charge < -0.3 is 0 Å². The van der Waals surface area contributed by atoms with Crippen LogP contribution in [0.1, 0.15) is 0 Å². The van der Waals surface area contributed by atoms with E-state index in [1.54, 1.807) is 0 Å². The quantitative estimate of drug-likeness (QED) is 0.754. The standard InChI is InChI=1S/C3H2BrClN2O2S/c4-2-1-3(7-6-2)10(5,8)9/h1H,(H,6,7). The lowest BCUT2D eigenvalue weighted by atomic mass is 10.8. The molecule has 0 bridgehead atoms.